The van der Waals surface area contributed by atoms with E-state index in [1.807, 2.05) is 123 Å². The van der Waals surface area contributed by atoms with Crippen molar-refractivity contribution in [3.63, 3.8) is 0 Å². The fraction of sp³-hybridized carbons (Fsp3) is 0.795. The summed E-state index contributed by atoms with van der Waals surface area (Å²) in [5.74, 6) is 6.36. The molecule has 2 heterocycles. The lowest BCUT2D eigenvalue weighted by molar-refractivity contribution is -0.128. The third-order valence-electron chi connectivity index (χ3n) is 19.6. The van der Waals surface area contributed by atoms with Gasteiger partial charge in [0, 0.05) is 49.3 Å². The van der Waals surface area contributed by atoms with E-state index in [9.17, 15) is 42.0 Å². The summed E-state index contributed by atoms with van der Waals surface area (Å²) in [5, 5.41) is 34.3. The van der Waals surface area contributed by atoms with Crippen molar-refractivity contribution in [2.75, 3.05) is 0 Å². The lowest BCUT2D eigenvalue weighted by atomic mass is 9.78. The van der Waals surface area contributed by atoms with Gasteiger partial charge < -0.3 is 41.4 Å². The van der Waals surface area contributed by atoms with Crippen LogP contribution in [-0.4, -0.2) is 114 Å². The molecule has 4 saturated carbocycles. The molecule has 6 aliphatic rings. The zero-order chi connectivity index (χ0) is 77.8. The summed E-state index contributed by atoms with van der Waals surface area (Å²) in [6, 6.07) is 11.0. The number of fused-ring (bicyclic) bond motifs is 2. The fourth-order valence-electron chi connectivity index (χ4n) is 11.3. The molecule has 4 fully saturated rings. The third kappa shape index (κ3) is 42.2. The Hall–Kier alpha value is -3.54. The van der Waals surface area contributed by atoms with E-state index in [2.05, 4.69) is 80.5 Å². The molecule has 8 rings (SSSR count). The average Bonchev–Trinajstić information content (AvgIpc) is 0.789. The van der Waals surface area contributed by atoms with E-state index in [0.29, 0.717) is 67.0 Å². The van der Waals surface area contributed by atoms with Gasteiger partial charge in [-0.05, 0) is 215 Å². The Morgan fingerprint density at radius 1 is 0.575 bits per heavy atom. The van der Waals surface area contributed by atoms with E-state index in [1.165, 1.54) is 94.8 Å². The Labute approximate surface area is 666 Å². The minimum absolute atomic E-state index is 0. The number of aldehydes is 1. The van der Waals surface area contributed by atoms with Crippen LogP contribution < -0.4 is 31.5 Å². The van der Waals surface area contributed by atoms with Crippen molar-refractivity contribution >= 4 is 88.2 Å². The number of phenols is 2. The van der Waals surface area contributed by atoms with Gasteiger partial charge in [-0.1, -0.05) is 187 Å². The van der Waals surface area contributed by atoms with Gasteiger partial charge in [-0.3, -0.25) is 19.6 Å². The summed E-state index contributed by atoms with van der Waals surface area (Å²) in [6.45, 7) is 48.9. The van der Waals surface area contributed by atoms with Crippen LogP contribution in [0.3, 0.4) is 0 Å². The lowest BCUT2D eigenvalue weighted by Crippen LogP contribution is -2.56. The smallest absolute Gasteiger partial charge is 0.411 e. The first-order chi connectivity index (χ1) is 47.1. The quantitative estimate of drug-likeness (QED) is 0.0428. The summed E-state index contributed by atoms with van der Waals surface area (Å²) >= 11 is 0. The van der Waals surface area contributed by atoms with Crippen LogP contribution in [0.1, 0.15) is 306 Å². The molecule has 23 heteroatoms. The Balaban J connectivity index is -0.00000125. The molecule has 9 atom stereocenters. The second-order valence-corrected chi connectivity index (χ2v) is 41.4. The number of halogens is 2. The largest absolute Gasteiger partial charge is 0.508 e. The van der Waals surface area contributed by atoms with Gasteiger partial charge in [0.25, 0.3) is 0 Å². The molecule has 2 unspecified atom stereocenters. The second kappa shape index (κ2) is 51.2. The number of hydrogen-bond acceptors (Lipinski definition) is 12. The van der Waals surface area contributed by atoms with Crippen molar-refractivity contribution in [3.05, 3.63) is 58.7 Å². The Bertz CT molecular complexity index is 2930. The maximum atomic E-state index is 13.3. The van der Waals surface area contributed by atoms with Crippen LogP contribution in [0.2, 0.25) is 0 Å². The number of amides is 3. The number of benzene rings is 2. The summed E-state index contributed by atoms with van der Waals surface area (Å²) in [4.78, 5) is 49.9. The number of nitrogens with two attached hydrogens (primary N) is 2. The summed E-state index contributed by atoms with van der Waals surface area (Å²) in [5.41, 5.74) is 9.34. The number of phenolic OH excluding ortho intramolecular Hbond substituents is 2. The number of ether oxygens (including phenoxy) is 1. The molecule has 4 aliphatic carbocycles. The average molecular weight is 1590 g/mol. The monoisotopic (exact) mass is 1590 g/mol. The van der Waals surface area contributed by atoms with Crippen LogP contribution in [0.25, 0.3) is 0 Å². The Morgan fingerprint density at radius 2 is 0.962 bits per heavy atom. The number of carbonyl (C=O) groups is 4. The predicted octanol–water partition coefficient (Wildman–Crippen LogP) is 18.1. The lowest BCUT2D eigenvalue weighted by Gasteiger charge is -2.38. The molecule has 620 valence electrons. The highest BCUT2D eigenvalue weighted by atomic mass is 35.5. The first-order valence-electron chi connectivity index (χ1n) is 38.6. The zero-order valence-corrected chi connectivity index (χ0v) is 72.8. The minimum Gasteiger partial charge on any atom is -0.508 e. The minimum atomic E-state index is -1.18. The van der Waals surface area contributed by atoms with Crippen molar-refractivity contribution in [2.45, 2.75) is 366 Å². The van der Waals surface area contributed by atoms with Crippen molar-refractivity contribution in [3.8, 4) is 11.5 Å². The standard InChI is InChI=1S/C24H36N2O4.C19H28N2O2.C13H27NOS.C9H19N.C8H17NOS.C4H11NOS.C4H8O.2CH4.2ClH/c1-15(2)20(11-16-7-6-8-16)25-22(28)21-13-17-9-10-19(27)12-18(17)14-26(21)23(29)30-24(3,4)5;1-12(2)17(8-13-4-3-5-13)21-19(23)18-10-14-6-7-16(22)9-15(14)11-20-18;1-10(2)12(9-11-7-6-8-11)14-16(15)13(3,4)5;1-7(2)9(10)6-8-4-3-5-8;1-7(2)6-9-11(10)8(3,4)5;1-4(2,3)7(5)6;1-4(2)3-5;;;;/h9-10,12,15-16,20-21,27H,6-8,11,13-14H2,1-5H3,(H,25,28);6-7,9,12-13,17-18,20,22H,3-5,8,10-11H2,1-2H3,(H,21,23);10-12,14H,6-9H2,1-5H3;7-9H,3-6,10H2,1-2H3;6-7H,1-5H3;5H2,1-3H3;3-4H,1-2H3;2*1H4;2*1H/t20-,21-;17-,18-;12-,16?;9-;11-;;;;;;/m11110....../s1. The van der Waals surface area contributed by atoms with E-state index < -0.39 is 50.7 Å². The molecule has 2 aromatic rings. The van der Waals surface area contributed by atoms with Gasteiger partial charge in [0.05, 0.1) is 48.8 Å². The van der Waals surface area contributed by atoms with Crippen LogP contribution in [0, 0.1) is 59.2 Å². The highest BCUT2D eigenvalue weighted by Crippen LogP contribution is 2.36. The number of aromatic hydroxyl groups is 2. The van der Waals surface area contributed by atoms with E-state index >= 15 is 0 Å². The fourth-order valence-corrected chi connectivity index (χ4v) is 13.0. The van der Waals surface area contributed by atoms with E-state index in [0.717, 1.165) is 59.1 Å². The normalized spacial score (nSPS) is 19.2. The molecule has 0 bridgehead atoms. The molecule has 10 N–H and O–H groups in total. The van der Waals surface area contributed by atoms with Crippen LogP contribution in [0.4, 0.5) is 4.79 Å². The molecule has 2 aliphatic heterocycles. The Kier molecular flexibility index (Phi) is 51.5. The molecular formula is C83H156Cl2N8O10S3. The highest BCUT2D eigenvalue weighted by molar-refractivity contribution is 7.85. The van der Waals surface area contributed by atoms with Gasteiger partial charge in [0.15, 0.2) is 0 Å². The van der Waals surface area contributed by atoms with Gasteiger partial charge in [-0.2, -0.15) is 4.40 Å². The van der Waals surface area contributed by atoms with Crippen LogP contribution in [0.5, 0.6) is 11.5 Å². The molecule has 0 radical (unpaired) electrons. The predicted molar refractivity (Wildman–Crippen MR) is 456 cm³/mol. The van der Waals surface area contributed by atoms with Crippen molar-refractivity contribution in [1.29, 1.82) is 0 Å². The van der Waals surface area contributed by atoms with Crippen molar-refractivity contribution < 1.29 is 46.8 Å². The molecular weight excluding hydrogens is 1440 g/mol. The zero-order valence-electron chi connectivity index (χ0n) is 68.7. The van der Waals surface area contributed by atoms with Crippen LogP contribution in [-0.2, 0) is 78.0 Å². The van der Waals surface area contributed by atoms with Gasteiger partial charge in [-0.15, -0.1) is 24.8 Å². The maximum Gasteiger partial charge on any atom is 0.411 e. The number of carbonyl (C=O) groups excluding carboxylic acids is 4. The van der Waals surface area contributed by atoms with E-state index in [4.69, 9.17) is 15.6 Å². The summed E-state index contributed by atoms with van der Waals surface area (Å²) in [6.07, 6.45) is 24.0. The molecule has 106 heavy (non-hydrogen) atoms. The number of nitrogens with one attached hydrogen (secondary N) is 4. The van der Waals surface area contributed by atoms with Crippen LogP contribution in [0.15, 0.2) is 40.8 Å². The summed E-state index contributed by atoms with van der Waals surface area (Å²) < 4.78 is 45.9. The molecule has 3 amide bonds. The molecule has 0 saturated heterocycles. The number of nitrogens with zero attached hydrogens (tertiary/aromatic N) is 2. The van der Waals surface area contributed by atoms with Gasteiger partial charge in [0.1, 0.15) is 40.4 Å². The first kappa shape index (κ1) is 107. The topological polar surface area (TPSA) is 285 Å². The Morgan fingerprint density at radius 3 is 1.30 bits per heavy atom. The van der Waals surface area contributed by atoms with Crippen molar-refractivity contribution in [2.24, 2.45) is 74.4 Å². The number of rotatable bonds is 21. The van der Waals surface area contributed by atoms with E-state index in [-0.39, 0.29) is 108 Å². The molecule has 0 aromatic heterocycles. The van der Waals surface area contributed by atoms with Gasteiger partial charge >= 0.3 is 6.09 Å². The first-order valence-corrected chi connectivity index (χ1v) is 42.0. The van der Waals surface area contributed by atoms with Gasteiger partial charge in [-0.25, -0.2) is 22.1 Å². The molecule has 0 spiro atoms. The van der Waals surface area contributed by atoms with E-state index in [1.54, 1.807) is 30.5 Å². The highest BCUT2D eigenvalue weighted by Gasteiger charge is 2.39. The maximum absolute atomic E-state index is 13.3. The summed E-state index contributed by atoms with van der Waals surface area (Å²) in [7, 11) is -3.20. The third-order valence-corrected chi connectivity index (χ3v) is 23.8. The molecule has 2 aromatic carbocycles. The SMILES string of the molecule is C.C.CC(C)(C)S(N)=O.CC(C)C=N[S@@](=O)C(C)(C)C.CC(C)C=O.CC(C)[C@@H](CC1CCC1)NC(=O)[C@H]1Cc2ccc(O)cc2CN1.CC(C)[C@@H](CC1CCC1)NC(=O)[C@H]1Cc2ccc(O)cc2CN1C(=O)OC(C)(C)C.CC(C)[C@@H](CC1CCC1)NS(=O)C(C)(C)C.CC(C)[C@H](N)CC1CCC1.Cl.Cl. The molecule has 18 nitrogen and oxygen atoms in total. The second-order valence-electron chi connectivity index (χ2n) is 35.6. The number of hydrogen-bond donors (Lipinski definition) is 8. The van der Waals surface area contributed by atoms with Crippen molar-refractivity contribution in [1.82, 2.24) is 25.6 Å². The van der Waals surface area contributed by atoms with Gasteiger partial charge in [0.2, 0.25) is 11.8 Å². The van der Waals surface area contributed by atoms with Crippen LogP contribution >= 0.6 is 24.8 Å².